The third-order valence-electron chi connectivity index (χ3n) is 5.06. The fraction of sp³-hybridized carbons (Fsp3) is 0.500. The fourth-order valence-electron chi connectivity index (χ4n) is 3.91. The van der Waals surface area contributed by atoms with Gasteiger partial charge in [-0.3, -0.25) is 0 Å². The first-order chi connectivity index (χ1) is 12.3. The van der Waals surface area contributed by atoms with E-state index in [1.807, 2.05) is 18.2 Å². The molecule has 4 rings (SSSR count). The lowest BCUT2D eigenvalue weighted by Crippen LogP contribution is -2.50. The third-order valence-corrected chi connectivity index (χ3v) is 5.81. The van der Waals surface area contributed by atoms with Crippen LogP contribution in [0.2, 0.25) is 0 Å². The number of benzene rings is 1. The van der Waals surface area contributed by atoms with Crippen molar-refractivity contribution in [1.82, 2.24) is 10.2 Å². The Hall–Kier alpha value is -2.17. The molecule has 1 spiro atoms. The molecule has 2 fully saturated rings. The van der Waals surface area contributed by atoms with Crippen molar-refractivity contribution in [2.45, 2.75) is 12.8 Å². The summed E-state index contributed by atoms with van der Waals surface area (Å²) in [7, 11) is 0. The Morgan fingerprint density at radius 3 is 3.00 bits per heavy atom. The molecule has 1 aromatic heterocycles. The minimum Gasteiger partial charge on any atom is -0.379 e. The summed E-state index contributed by atoms with van der Waals surface area (Å²) >= 11 is 1.60. The molecule has 0 unspecified atom stereocenters. The lowest BCUT2D eigenvalue weighted by molar-refractivity contribution is 0.0598. The van der Waals surface area contributed by atoms with Gasteiger partial charge < -0.3 is 14.5 Å². The molecule has 130 valence electrons. The largest absolute Gasteiger partial charge is 0.379 e. The second kappa shape index (κ2) is 6.98. The Kier molecular flexibility index (Phi) is 4.55. The average Bonchev–Trinajstić information content (AvgIpc) is 3.12. The number of anilines is 2. The van der Waals surface area contributed by atoms with Crippen molar-refractivity contribution in [2.24, 2.45) is 5.41 Å². The van der Waals surface area contributed by atoms with Gasteiger partial charge in [-0.15, -0.1) is 10.2 Å². The van der Waals surface area contributed by atoms with Gasteiger partial charge in [0.1, 0.15) is 5.51 Å². The third kappa shape index (κ3) is 3.46. The van der Waals surface area contributed by atoms with E-state index in [0.29, 0.717) is 5.56 Å². The van der Waals surface area contributed by atoms with E-state index >= 15 is 0 Å². The maximum atomic E-state index is 9.19. The number of aromatic nitrogens is 2. The molecule has 2 aromatic rings. The Balaban J connectivity index is 1.57. The monoisotopic (exact) mass is 355 g/mol. The number of hydrogen-bond acceptors (Lipinski definition) is 7. The minimum absolute atomic E-state index is 0.0864. The van der Waals surface area contributed by atoms with Crippen LogP contribution in [0.15, 0.2) is 29.8 Å². The summed E-state index contributed by atoms with van der Waals surface area (Å²) in [4.78, 5) is 4.72. The number of nitriles is 1. The standard InChI is InChI=1S/C18H21N5OS/c19-10-15-3-1-4-16(9-15)22-7-8-24-13-18(11-22)5-2-6-23(12-18)17-21-20-14-25-17/h1,3-4,9,14H,2,5-8,11-13H2/t18-/m1/s1. The van der Waals surface area contributed by atoms with Crippen LogP contribution >= 0.6 is 11.3 Å². The van der Waals surface area contributed by atoms with E-state index in [1.165, 1.54) is 0 Å². The molecule has 2 saturated heterocycles. The van der Waals surface area contributed by atoms with Crippen molar-refractivity contribution < 1.29 is 4.74 Å². The molecule has 6 nitrogen and oxygen atoms in total. The fourth-order valence-corrected chi connectivity index (χ4v) is 4.50. The molecule has 0 saturated carbocycles. The maximum absolute atomic E-state index is 9.19. The highest BCUT2D eigenvalue weighted by atomic mass is 32.1. The van der Waals surface area contributed by atoms with Crippen molar-refractivity contribution in [3.8, 4) is 6.07 Å². The predicted molar refractivity (Wildman–Crippen MR) is 98.0 cm³/mol. The quantitative estimate of drug-likeness (QED) is 0.825. The number of ether oxygens (including phenoxy) is 1. The molecule has 0 radical (unpaired) electrons. The van der Waals surface area contributed by atoms with Crippen molar-refractivity contribution in [3.05, 3.63) is 35.3 Å². The molecule has 0 amide bonds. The predicted octanol–water partition coefficient (Wildman–Crippen LogP) is 2.53. The summed E-state index contributed by atoms with van der Waals surface area (Å²) in [6, 6.07) is 10.1. The zero-order valence-corrected chi connectivity index (χ0v) is 14.9. The molecule has 0 bridgehead atoms. The van der Waals surface area contributed by atoms with Gasteiger partial charge in [0.25, 0.3) is 0 Å². The van der Waals surface area contributed by atoms with Crippen LogP contribution in [0.4, 0.5) is 10.8 Å². The highest BCUT2D eigenvalue weighted by Crippen LogP contribution is 2.36. The number of rotatable bonds is 2. The molecule has 7 heteroatoms. The van der Waals surface area contributed by atoms with Gasteiger partial charge in [-0.2, -0.15) is 5.26 Å². The van der Waals surface area contributed by atoms with Crippen LogP contribution in [0.5, 0.6) is 0 Å². The minimum atomic E-state index is 0.0864. The Morgan fingerprint density at radius 1 is 1.24 bits per heavy atom. The molecule has 2 aliphatic rings. The van der Waals surface area contributed by atoms with E-state index in [9.17, 15) is 5.26 Å². The van der Waals surface area contributed by atoms with E-state index in [4.69, 9.17) is 4.74 Å². The SMILES string of the molecule is N#Cc1cccc(N2CCOC[C@]3(CCCN(c4nncs4)C3)C2)c1. The molecule has 1 atom stereocenters. The smallest absolute Gasteiger partial charge is 0.208 e. The van der Waals surface area contributed by atoms with Crippen molar-refractivity contribution >= 4 is 22.2 Å². The average molecular weight is 355 g/mol. The Morgan fingerprint density at radius 2 is 2.16 bits per heavy atom. The molecule has 25 heavy (non-hydrogen) atoms. The molecule has 0 N–H and O–H groups in total. The van der Waals surface area contributed by atoms with Gasteiger partial charge in [-0.1, -0.05) is 17.4 Å². The van der Waals surface area contributed by atoms with Crippen molar-refractivity contribution in [3.63, 3.8) is 0 Å². The van der Waals surface area contributed by atoms with E-state index in [1.54, 1.807) is 16.8 Å². The molecule has 1 aromatic carbocycles. The van der Waals surface area contributed by atoms with E-state index in [2.05, 4.69) is 32.1 Å². The zero-order chi connectivity index (χ0) is 17.1. The lowest BCUT2D eigenvalue weighted by Gasteiger charge is -2.43. The first kappa shape index (κ1) is 16.3. The molecular formula is C18H21N5OS. The van der Waals surface area contributed by atoms with Gasteiger partial charge in [-0.25, -0.2) is 0 Å². The van der Waals surface area contributed by atoms with Gasteiger partial charge in [0.2, 0.25) is 5.13 Å². The first-order valence-corrected chi connectivity index (χ1v) is 9.50. The molecule has 0 aliphatic carbocycles. The lowest BCUT2D eigenvalue weighted by atomic mass is 9.80. The van der Waals surface area contributed by atoms with Crippen LogP contribution in [0.3, 0.4) is 0 Å². The van der Waals surface area contributed by atoms with Crippen LogP contribution in [-0.2, 0) is 4.74 Å². The van der Waals surface area contributed by atoms with Crippen LogP contribution in [-0.4, -0.2) is 49.6 Å². The van der Waals surface area contributed by atoms with Crippen molar-refractivity contribution in [2.75, 3.05) is 49.2 Å². The summed E-state index contributed by atoms with van der Waals surface area (Å²) in [6.45, 7) is 5.26. The van der Waals surface area contributed by atoms with Gasteiger partial charge in [-0.05, 0) is 31.0 Å². The topological polar surface area (TPSA) is 65.3 Å². The first-order valence-electron chi connectivity index (χ1n) is 8.62. The van der Waals surface area contributed by atoms with Gasteiger partial charge in [0.05, 0.1) is 24.8 Å². The zero-order valence-electron chi connectivity index (χ0n) is 14.1. The van der Waals surface area contributed by atoms with Gasteiger partial charge >= 0.3 is 0 Å². The summed E-state index contributed by atoms with van der Waals surface area (Å²) in [5, 5.41) is 18.4. The highest BCUT2D eigenvalue weighted by molar-refractivity contribution is 7.13. The number of hydrogen-bond donors (Lipinski definition) is 0. The van der Waals surface area contributed by atoms with Crippen LogP contribution in [0.25, 0.3) is 0 Å². The Labute approximate surface area is 151 Å². The second-order valence-electron chi connectivity index (χ2n) is 6.88. The normalized spacial score (nSPS) is 24.1. The maximum Gasteiger partial charge on any atom is 0.208 e. The van der Waals surface area contributed by atoms with E-state index < -0.39 is 0 Å². The van der Waals surface area contributed by atoms with E-state index in [0.717, 1.165) is 63.1 Å². The Bertz CT molecular complexity index is 759. The van der Waals surface area contributed by atoms with Crippen LogP contribution < -0.4 is 9.80 Å². The summed E-state index contributed by atoms with van der Waals surface area (Å²) in [6.07, 6.45) is 2.28. The van der Waals surface area contributed by atoms with Gasteiger partial charge in [0.15, 0.2) is 0 Å². The molecule has 2 aliphatic heterocycles. The highest BCUT2D eigenvalue weighted by Gasteiger charge is 2.39. The molecular weight excluding hydrogens is 334 g/mol. The summed E-state index contributed by atoms with van der Waals surface area (Å²) < 4.78 is 6.00. The van der Waals surface area contributed by atoms with Crippen LogP contribution in [0, 0.1) is 16.7 Å². The van der Waals surface area contributed by atoms with Crippen molar-refractivity contribution in [1.29, 1.82) is 5.26 Å². The second-order valence-corrected chi connectivity index (χ2v) is 7.69. The summed E-state index contributed by atoms with van der Waals surface area (Å²) in [5.74, 6) is 0. The summed E-state index contributed by atoms with van der Waals surface area (Å²) in [5.41, 5.74) is 3.69. The van der Waals surface area contributed by atoms with Gasteiger partial charge in [0, 0.05) is 37.3 Å². The van der Waals surface area contributed by atoms with E-state index in [-0.39, 0.29) is 5.41 Å². The van der Waals surface area contributed by atoms with Crippen LogP contribution in [0.1, 0.15) is 18.4 Å². The number of nitrogens with zero attached hydrogens (tertiary/aromatic N) is 5. The molecule has 3 heterocycles. The number of piperidine rings is 1.